The number of hydrogen-bond acceptors (Lipinski definition) is 15. The number of esters is 2. The van der Waals surface area contributed by atoms with E-state index in [0.717, 1.165) is 30.4 Å². The van der Waals surface area contributed by atoms with Gasteiger partial charge in [-0.25, -0.2) is 14.4 Å². The van der Waals surface area contributed by atoms with Crippen molar-refractivity contribution in [3.63, 3.8) is 0 Å². The van der Waals surface area contributed by atoms with Crippen LogP contribution in [0.3, 0.4) is 0 Å². The van der Waals surface area contributed by atoms with Crippen molar-refractivity contribution >= 4 is 38.0 Å². The van der Waals surface area contributed by atoms with Crippen molar-refractivity contribution in [3.8, 4) is 0 Å². The van der Waals surface area contributed by atoms with Gasteiger partial charge in [0.15, 0.2) is 0 Å². The molecule has 1 aliphatic heterocycles. The molecule has 0 spiro atoms. The largest absolute Gasteiger partial charge is 0.469 e. The Hall–Kier alpha value is -7.04. The number of benzene rings is 4. The Labute approximate surface area is 549 Å². The number of alkyl carbamates (subject to hydrolysis) is 2. The average Bonchev–Trinajstić information content (AvgIpc) is 0.740. The summed E-state index contributed by atoms with van der Waals surface area (Å²) in [5.41, 5.74) is -10.4. The molecule has 2 amide bonds. The Kier molecular flexibility index (Phi) is 28.0. The molecule has 3 fully saturated rings. The van der Waals surface area contributed by atoms with Crippen molar-refractivity contribution in [2.24, 2.45) is 0 Å². The minimum Gasteiger partial charge on any atom is -0.469 e. The van der Waals surface area contributed by atoms with Gasteiger partial charge in [-0.3, -0.25) is 9.36 Å². The van der Waals surface area contributed by atoms with Crippen LogP contribution in [-0.2, 0) is 96.7 Å². The van der Waals surface area contributed by atoms with Gasteiger partial charge in [0.25, 0.3) is 0 Å². The van der Waals surface area contributed by atoms with E-state index in [1.807, 2.05) is 12.1 Å². The highest BCUT2D eigenvalue weighted by molar-refractivity contribution is 7.54. The number of alkyl halides is 12. The predicted molar refractivity (Wildman–Crippen MR) is 326 cm³/mol. The second-order valence-corrected chi connectivity index (χ2v) is 27.4. The van der Waals surface area contributed by atoms with Crippen LogP contribution in [-0.4, -0.2) is 114 Å². The van der Waals surface area contributed by atoms with Crippen molar-refractivity contribution in [3.05, 3.63) is 154 Å². The summed E-state index contributed by atoms with van der Waals surface area (Å²) in [5.74, 6) is -1.27. The van der Waals surface area contributed by atoms with E-state index in [4.69, 9.17) is 23.7 Å². The summed E-state index contributed by atoms with van der Waals surface area (Å²) in [6.45, 7) is 14.6. The Morgan fingerprint density at radius 3 is 1.17 bits per heavy atom. The molecule has 96 heavy (non-hydrogen) atoms. The Balaban J connectivity index is 0.000000332. The molecule has 2 atom stereocenters. The van der Waals surface area contributed by atoms with Crippen LogP contribution in [0.4, 0.5) is 62.3 Å². The summed E-state index contributed by atoms with van der Waals surface area (Å²) < 4.78 is 217. The number of rotatable bonds is 19. The monoisotopic (exact) mass is 1400 g/mol. The molecule has 0 unspecified atom stereocenters. The molecule has 2 saturated carbocycles. The van der Waals surface area contributed by atoms with Gasteiger partial charge in [0.1, 0.15) is 29.2 Å². The van der Waals surface area contributed by atoms with Gasteiger partial charge < -0.3 is 57.6 Å². The number of hydrogen-bond donors (Lipinski definition) is 2. The zero-order valence-corrected chi connectivity index (χ0v) is 55.9. The molecule has 4 aromatic rings. The van der Waals surface area contributed by atoms with Crippen molar-refractivity contribution in [1.82, 2.24) is 10.6 Å². The molecule has 0 radical (unpaired) electrons. The molecule has 534 valence electrons. The van der Waals surface area contributed by atoms with Crippen molar-refractivity contribution in [2.75, 3.05) is 61.0 Å². The first-order chi connectivity index (χ1) is 44.2. The lowest BCUT2D eigenvalue weighted by molar-refractivity contribution is -0.145. The van der Waals surface area contributed by atoms with Crippen LogP contribution >= 0.6 is 7.60 Å². The Morgan fingerprint density at radius 2 is 0.885 bits per heavy atom. The summed E-state index contributed by atoms with van der Waals surface area (Å²) in [6.07, 6.45) is -17.8. The molecule has 7 rings (SSSR count). The van der Waals surface area contributed by atoms with Crippen LogP contribution in [0, 0.1) is 0 Å². The Morgan fingerprint density at radius 1 is 0.542 bits per heavy atom. The molecule has 2 aliphatic carbocycles. The van der Waals surface area contributed by atoms with E-state index in [9.17, 15) is 81.2 Å². The lowest BCUT2D eigenvalue weighted by atomic mass is 9.54. The van der Waals surface area contributed by atoms with Crippen LogP contribution in [0.2, 0.25) is 0 Å². The van der Waals surface area contributed by atoms with Crippen molar-refractivity contribution in [2.45, 2.75) is 164 Å². The molecule has 0 aromatic heterocycles. The van der Waals surface area contributed by atoms with Gasteiger partial charge in [-0.1, -0.05) is 66.7 Å². The van der Waals surface area contributed by atoms with Gasteiger partial charge in [0.2, 0.25) is 0 Å². The molecular weight excluding hydrogens is 1320 g/mol. The quantitative estimate of drug-likeness (QED) is 0.0223. The van der Waals surface area contributed by atoms with Gasteiger partial charge in [0.05, 0.1) is 67.4 Å². The summed E-state index contributed by atoms with van der Waals surface area (Å²) in [4.78, 5) is 59.5. The highest BCUT2D eigenvalue weighted by atomic mass is 31.2. The van der Waals surface area contributed by atoms with Gasteiger partial charge in [0, 0.05) is 44.3 Å². The zero-order chi connectivity index (χ0) is 72.6. The first-order valence-corrected chi connectivity index (χ1v) is 31.5. The topological polar surface area (TPSA) is 210 Å². The third-order valence-corrected chi connectivity index (χ3v) is 16.9. The number of carbonyl (C=O) groups excluding carboxylic acids is 5. The van der Waals surface area contributed by atoms with Crippen molar-refractivity contribution in [1.29, 1.82) is 0 Å². The standard InChI is InChI=1S/C30H33F6NO5.C27H29F6NO4.C5H11O5P.C4H8O/c1-19(20-13-22(29(31,32)33)15-23(14-20)30(34,35)36)41-18-27(21-9-7-6-8-10-21)16-28(17-27,12-11-24(38)40-5)37-25(39)42-26(2,3)4;1-17(18-10-20(26(28,29)30)12-21(11-18)27(31,32)33)37-16-24(19-8-6-5-7-9-19)13-25(14-24,15-35)34-22(36)38-23(2,3)4;1-8-5(6)4-11(7,9-2)10-3;1-2-4-5-3-1/h6-15,19H,16-18H2,1-5H3,(H,37,39);5-12,15,17H,13-14,16H2,1-4H3,(H,34,36);4H2,1-3H3;1-4H2/b12-11-;;;/t19-,27?,28?;17-,24?,25?;;/m11../s1. The fourth-order valence-corrected chi connectivity index (χ4v) is 11.4. The molecule has 0 bridgehead atoms. The van der Waals surface area contributed by atoms with E-state index in [1.54, 1.807) is 90.1 Å². The number of carbonyl (C=O) groups is 5. The first-order valence-electron chi connectivity index (χ1n) is 29.8. The fourth-order valence-electron chi connectivity index (χ4n) is 10.6. The second-order valence-electron chi connectivity index (χ2n) is 25.2. The minimum absolute atomic E-state index is 0.0639. The van der Waals surface area contributed by atoms with Gasteiger partial charge >= 0.3 is 56.4 Å². The molecule has 1 saturated heterocycles. The number of halogens is 12. The van der Waals surface area contributed by atoms with Gasteiger partial charge in [-0.2, -0.15) is 52.7 Å². The molecule has 3 aliphatic rings. The third-order valence-electron chi connectivity index (χ3n) is 15.2. The summed E-state index contributed by atoms with van der Waals surface area (Å²) in [5, 5.41) is 5.39. The molecule has 1 heterocycles. The minimum atomic E-state index is -4.99. The van der Waals surface area contributed by atoms with Gasteiger partial charge in [-0.15, -0.1) is 0 Å². The molecule has 17 nitrogen and oxygen atoms in total. The van der Waals surface area contributed by atoms with E-state index in [-0.39, 0.29) is 68.3 Å². The lowest BCUT2D eigenvalue weighted by Gasteiger charge is -2.55. The van der Waals surface area contributed by atoms with Crippen LogP contribution in [0.25, 0.3) is 0 Å². The zero-order valence-electron chi connectivity index (χ0n) is 55.0. The third kappa shape index (κ3) is 24.5. The van der Waals surface area contributed by atoms with E-state index in [1.165, 1.54) is 61.2 Å². The van der Waals surface area contributed by atoms with E-state index < -0.39 is 124 Å². The van der Waals surface area contributed by atoms with Crippen molar-refractivity contribution < 1.29 is 123 Å². The normalized spacial score (nSPS) is 21.1. The number of amides is 2. The Bertz CT molecular complexity index is 3220. The van der Waals surface area contributed by atoms with Crippen LogP contribution in [0.5, 0.6) is 0 Å². The molecule has 30 heteroatoms. The van der Waals surface area contributed by atoms with Crippen LogP contribution in [0.15, 0.2) is 109 Å². The molecular formula is C66H81F12N2O15P. The highest BCUT2D eigenvalue weighted by Crippen LogP contribution is 2.54. The molecule has 4 aromatic carbocycles. The maximum Gasteiger partial charge on any atom is 0.416 e. The average molecular weight is 1400 g/mol. The summed E-state index contributed by atoms with van der Waals surface area (Å²) in [7, 11) is 1.61. The number of aldehydes is 1. The van der Waals surface area contributed by atoms with Crippen LogP contribution < -0.4 is 10.6 Å². The maximum atomic E-state index is 13.4. The second kappa shape index (κ2) is 33.0. The summed E-state index contributed by atoms with van der Waals surface area (Å²) in [6, 6.07) is 20.5. The lowest BCUT2D eigenvalue weighted by Crippen LogP contribution is -2.66. The van der Waals surface area contributed by atoms with Crippen LogP contribution in [0.1, 0.15) is 151 Å². The predicted octanol–water partition coefficient (Wildman–Crippen LogP) is 16.0. The summed E-state index contributed by atoms with van der Waals surface area (Å²) >= 11 is 0. The maximum absolute atomic E-state index is 13.4. The van der Waals surface area contributed by atoms with E-state index >= 15 is 0 Å². The SMILES string of the molecule is C1CCOC1.COC(=O)/C=C\C1(NC(=O)OC(C)(C)C)CC(CO[C@H](C)c2cc(C(F)(F)F)cc(C(F)(F)F)c2)(c2ccccc2)C1.COC(=O)CP(=O)(OC)OC.C[C@@H](OCC1(c2ccccc2)CC(C=O)(NC(=O)OC(C)(C)C)C1)c1cc(C(F)(F)F)cc(C(F)(F)F)c1. The highest BCUT2D eigenvalue weighted by Gasteiger charge is 2.58. The number of nitrogens with one attached hydrogen (secondary N) is 2. The number of ether oxygens (including phenoxy) is 7. The molecule has 2 N–H and O–H groups in total. The number of methoxy groups -OCH3 is 2. The van der Waals surface area contributed by atoms with Gasteiger partial charge in [-0.05, 0) is 153 Å². The smallest absolute Gasteiger partial charge is 0.416 e. The van der Waals surface area contributed by atoms with E-state index in [0.29, 0.717) is 30.6 Å². The first kappa shape index (κ1) is 81.4. The fraction of sp³-hybridized carbons (Fsp3) is 0.530. The van der Waals surface area contributed by atoms with E-state index in [2.05, 4.69) is 29.2 Å².